The summed E-state index contributed by atoms with van der Waals surface area (Å²) in [6.45, 7) is 5.55. The highest BCUT2D eigenvalue weighted by Gasteiger charge is 2.02. The van der Waals surface area contributed by atoms with Crippen molar-refractivity contribution in [1.29, 1.82) is 0 Å². The topological polar surface area (TPSA) is 101 Å². The van der Waals surface area contributed by atoms with Gasteiger partial charge in [-0.15, -0.1) is 5.48 Å². The SMILES string of the molecule is CCCCOC(=O)NCc1cccc(CN=C=NCc2cccc(CNOC(C)=O)c2)c1. The highest BCUT2D eigenvalue weighted by Crippen LogP contribution is 2.08. The van der Waals surface area contributed by atoms with Crippen molar-refractivity contribution >= 4 is 18.1 Å². The lowest BCUT2D eigenvalue weighted by atomic mass is 10.1. The highest BCUT2D eigenvalue weighted by atomic mass is 16.7. The Morgan fingerprint density at radius 1 is 0.938 bits per heavy atom. The first kappa shape index (κ1) is 24.8. The van der Waals surface area contributed by atoms with Gasteiger partial charge in [0, 0.05) is 13.5 Å². The molecule has 170 valence electrons. The van der Waals surface area contributed by atoms with Crippen molar-refractivity contribution in [1.82, 2.24) is 10.8 Å². The third kappa shape index (κ3) is 10.5. The molecule has 0 spiro atoms. The smallest absolute Gasteiger partial charge is 0.407 e. The predicted octanol–water partition coefficient (Wildman–Crippen LogP) is 4.15. The Labute approximate surface area is 188 Å². The normalized spacial score (nSPS) is 10.1. The van der Waals surface area contributed by atoms with E-state index >= 15 is 0 Å². The third-order valence-electron chi connectivity index (χ3n) is 4.31. The molecule has 8 nitrogen and oxygen atoms in total. The number of alkyl carbamates (subject to hydrolysis) is 1. The van der Waals surface area contributed by atoms with Gasteiger partial charge in [0.2, 0.25) is 0 Å². The number of hydrogen-bond donors (Lipinski definition) is 2. The van der Waals surface area contributed by atoms with Gasteiger partial charge in [-0.05, 0) is 28.7 Å². The molecule has 0 radical (unpaired) electrons. The first-order valence-corrected chi connectivity index (χ1v) is 10.6. The molecule has 0 aliphatic carbocycles. The van der Waals surface area contributed by atoms with E-state index in [1.54, 1.807) is 0 Å². The summed E-state index contributed by atoms with van der Waals surface area (Å²) in [6, 6.07) is 18.3. The van der Waals surface area contributed by atoms with Gasteiger partial charge in [-0.25, -0.2) is 14.8 Å². The van der Waals surface area contributed by atoms with Gasteiger partial charge in [0.1, 0.15) is 0 Å². The van der Waals surface area contributed by atoms with Crippen molar-refractivity contribution in [3.63, 3.8) is 0 Å². The van der Waals surface area contributed by atoms with E-state index in [0.29, 0.717) is 32.8 Å². The van der Waals surface area contributed by atoms with Crippen LogP contribution >= 0.6 is 0 Å². The molecule has 0 unspecified atom stereocenters. The van der Waals surface area contributed by atoms with Crippen molar-refractivity contribution in [3.8, 4) is 0 Å². The standard InChI is InChI=1S/C24H30N4O4/c1-3-4-11-31-24(30)27-16-22-9-5-7-20(12-22)14-25-18-26-15-21-8-6-10-23(13-21)17-28-32-19(2)29/h5-10,12-13,28H,3-4,11,14-17H2,1-2H3,(H,27,30). The molecule has 2 aromatic rings. The van der Waals surface area contributed by atoms with E-state index in [1.807, 2.05) is 55.5 Å². The van der Waals surface area contributed by atoms with E-state index in [4.69, 9.17) is 9.57 Å². The van der Waals surface area contributed by atoms with Gasteiger partial charge in [-0.2, -0.15) is 0 Å². The minimum absolute atomic E-state index is 0.381. The van der Waals surface area contributed by atoms with Crippen molar-refractivity contribution in [2.75, 3.05) is 6.61 Å². The number of rotatable bonds is 12. The molecule has 2 aromatic carbocycles. The Balaban J connectivity index is 1.78. The molecule has 0 bridgehead atoms. The molecule has 0 fully saturated rings. The summed E-state index contributed by atoms with van der Waals surface area (Å²) in [7, 11) is 0. The highest BCUT2D eigenvalue weighted by molar-refractivity contribution is 5.67. The second kappa shape index (κ2) is 14.5. The van der Waals surface area contributed by atoms with Crippen molar-refractivity contribution in [2.24, 2.45) is 9.98 Å². The van der Waals surface area contributed by atoms with Crippen LogP contribution in [0.5, 0.6) is 0 Å². The van der Waals surface area contributed by atoms with Gasteiger partial charge in [0.25, 0.3) is 0 Å². The zero-order valence-corrected chi connectivity index (χ0v) is 18.6. The molecule has 32 heavy (non-hydrogen) atoms. The van der Waals surface area contributed by atoms with E-state index in [9.17, 15) is 9.59 Å². The zero-order chi connectivity index (χ0) is 23.0. The van der Waals surface area contributed by atoms with Crippen LogP contribution in [0.1, 0.15) is 48.9 Å². The van der Waals surface area contributed by atoms with E-state index in [0.717, 1.165) is 35.1 Å². The second-order valence-electron chi connectivity index (χ2n) is 7.13. The van der Waals surface area contributed by atoms with Crippen LogP contribution in [-0.4, -0.2) is 24.7 Å². The monoisotopic (exact) mass is 438 g/mol. The van der Waals surface area contributed by atoms with E-state index in [2.05, 4.69) is 26.8 Å². The molecule has 0 aliphatic heterocycles. The maximum atomic E-state index is 11.6. The maximum Gasteiger partial charge on any atom is 0.407 e. The summed E-state index contributed by atoms with van der Waals surface area (Å²) < 4.78 is 5.08. The minimum atomic E-state index is -0.403. The van der Waals surface area contributed by atoms with Crippen LogP contribution in [0.15, 0.2) is 58.5 Å². The van der Waals surface area contributed by atoms with Gasteiger partial charge in [-0.1, -0.05) is 61.9 Å². The van der Waals surface area contributed by atoms with E-state index in [-0.39, 0.29) is 5.97 Å². The number of nitrogens with one attached hydrogen (secondary N) is 2. The fourth-order valence-electron chi connectivity index (χ4n) is 2.73. The van der Waals surface area contributed by atoms with Gasteiger partial charge in [0.05, 0.1) is 32.2 Å². The summed E-state index contributed by atoms with van der Waals surface area (Å²) in [5.41, 5.74) is 6.58. The largest absolute Gasteiger partial charge is 0.450 e. The molecule has 2 rings (SSSR count). The maximum absolute atomic E-state index is 11.6. The first-order valence-electron chi connectivity index (χ1n) is 10.6. The number of hydroxylamine groups is 1. The summed E-state index contributed by atoms with van der Waals surface area (Å²) in [5, 5.41) is 2.75. The van der Waals surface area contributed by atoms with E-state index in [1.165, 1.54) is 6.92 Å². The Bertz CT molecular complexity index is 939. The molecule has 0 aromatic heterocycles. The molecule has 0 heterocycles. The minimum Gasteiger partial charge on any atom is -0.450 e. The average Bonchev–Trinajstić information content (AvgIpc) is 2.78. The fourth-order valence-corrected chi connectivity index (χ4v) is 2.73. The number of carbonyl (C=O) groups is 2. The summed E-state index contributed by atoms with van der Waals surface area (Å²) in [4.78, 5) is 35.6. The Kier molecular flexibility index (Phi) is 11.2. The number of amides is 1. The van der Waals surface area contributed by atoms with Crippen molar-refractivity contribution in [2.45, 2.75) is 52.9 Å². The quantitative estimate of drug-likeness (QED) is 0.294. The first-order chi connectivity index (χ1) is 15.6. The lowest BCUT2D eigenvalue weighted by molar-refractivity contribution is -0.148. The number of aliphatic imine (C=N–C) groups is 2. The molecule has 8 heteroatoms. The fraction of sp³-hybridized carbons (Fsp3) is 0.375. The molecule has 0 aliphatic rings. The molecular formula is C24H30N4O4. The lowest BCUT2D eigenvalue weighted by Gasteiger charge is -2.07. The van der Waals surface area contributed by atoms with Gasteiger partial charge in [-0.3, -0.25) is 4.79 Å². The summed E-state index contributed by atoms with van der Waals surface area (Å²) >= 11 is 0. The molecule has 0 saturated carbocycles. The number of unbranched alkanes of at least 4 members (excludes halogenated alkanes) is 1. The average molecular weight is 439 g/mol. The molecule has 2 N–H and O–H groups in total. The van der Waals surface area contributed by atoms with E-state index < -0.39 is 6.09 Å². The van der Waals surface area contributed by atoms with Crippen LogP contribution in [0.2, 0.25) is 0 Å². The number of carbonyl (C=O) groups excluding carboxylic acids is 2. The Morgan fingerprint density at radius 3 is 2.12 bits per heavy atom. The zero-order valence-electron chi connectivity index (χ0n) is 18.6. The van der Waals surface area contributed by atoms with Gasteiger partial charge < -0.3 is 14.9 Å². The number of ether oxygens (including phenoxy) is 1. The van der Waals surface area contributed by atoms with Crippen LogP contribution in [-0.2, 0) is 40.5 Å². The summed E-state index contributed by atoms with van der Waals surface area (Å²) in [5.74, 6) is -0.381. The molecule has 0 saturated heterocycles. The lowest BCUT2D eigenvalue weighted by Crippen LogP contribution is -2.24. The van der Waals surface area contributed by atoms with Crippen LogP contribution < -0.4 is 10.8 Å². The predicted molar refractivity (Wildman–Crippen MR) is 122 cm³/mol. The van der Waals surface area contributed by atoms with Crippen molar-refractivity contribution in [3.05, 3.63) is 70.8 Å². The van der Waals surface area contributed by atoms with Crippen LogP contribution in [0.3, 0.4) is 0 Å². The Hall–Kier alpha value is -3.48. The van der Waals surface area contributed by atoms with Crippen LogP contribution in [0, 0.1) is 0 Å². The number of benzene rings is 2. The molecular weight excluding hydrogens is 408 g/mol. The second-order valence-corrected chi connectivity index (χ2v) is 7.13. The Morgan fingerprint density at radius 2 is 1.53 bits per heavy atom. The van der Waals surface area contributed by atoms with Crippen molar-refractivity contribution < 1.29 is 19.2 Å². The van der Waals surface area contributed by atoms with Crippen LogP contribution in [0.4, 0.5) is 4.79 Å². The third-order valence-corrected chi connectivity index (χ3v) is 4.31. The van der Waals surface area contributed by atoms with Gasteiger partial charge >= 0.3 is 12.1 Å². The summed E-state index contributed by atoms with van der Waals surface area (Å²) in [6.07, 6.45) is 1.45. The molecule has 0 atom stereocenters. The van der Waals surface area contributed by atoms with Gasteiger partial charge in [0.15, 0.2) is 0 Å². The number of nitrogens with zero attached hydrogens (tertiary/aromatic N) is 2. The van der Waals surface area contributed by atoms with Crippen LogP contribution in [0.25, 0.3) is 0 Å². The number of hydrogen-bond acceptors (Lipinski definition) is 7. The molecule has 1 amide bonds.